The smallest absolute Gasteiger partial charge is 0.157 e. The molecule has 0 saturated heterocycles. The third-order valence-electron chi connectivity index (χ3n) is 5.79. The summed E-state index contributed by atoms with van der Waals surface area (Å²) < 4.78 is 9.90. The van der Waals surface area contributed by atoms with Gasteiger partial charge in [0.05, 0.1) is 30.9 Å². The van der Waals surface area contributed by atoms with E-state index in [0.29, 0.717) is 0 Å². The van der Waals surface area contributed by atoms with E-state index in [4.69, 9.17) is 4.74 Å². The van der Waals surface area contributed by atoms with Crippen molar-refractivity contribution < 1.29 is 4.74 Å². The van der Waals surface area contributed by atoms with Crippen molar-refractivity contribution in [2.45, 2.75) is 32.2 Å². The average molecular weight is 412 g/mol. The Morgan fingerprint density at radius 2 is 1.94 bits per heavy atom. The van der Waals surface area contributed by atoms with Crippen molar-refractivity contribution in [3.63, 3.8) is 0 Å². The topological polar surface area (TPSA) is 57.8 Å². The number of aryl methyl sites for hydroxylation is 2. The van der Waals surface area contributed by atoms with Gasteiger partial charge in [-0.3, -0.25) is 0 Å². The molecule has 6 heteroatoms. The minimum absolute atomic E-state index is 0.279. The second-order valence-corrected chi connectivity index (χ2v) is 7.85. The molecule has 156 valence electrons. The normalized spacial score (nSPS) is 15.9. The van der Waals surface area contributed by atoms with Gasteiger partial charge in [0.1, 0.15) is 11.6 Å². The first-order valence-corrected chi connectivity index (χ1v) is 10.6. The highest BCUT2D eigenvalue weighted by Crippen LogP contribution is 2.32. The van der Waals surface area contributed by atoms with Crippen LogP contribution < -0.4 is 4.74 Å². The number of hydrogen-bond acceptors (Lipinski definition) is 4. The average Bonchev–Trinajstić information content (AvgIpc) is 3.44. The first kappa shape index (κ1) is 19.3. The molecule has 1 aliphatic heterocycles. The van der Waals surface area contributed by atoms with Gasteiger partial charge < -0.3 is 13.9 Å². The van der Waals surface area contributed by atoms with Crippen LogP contribution in [-0.4, -0.2) is 31.4 Å². The summed E-state index contributed by atoms with van der Waals surface area (Å²) >= 11 is 0. The largest absolute Gasteiger partial charge is 0.495 e. The Balaban J connectivity index is 1.46. The van der Waals surface area contributed by atoms with E-state index in [9.17, 15) is 0 Å². The van der Waals surface area contributed by atoms with Crippen molar-refractivity contribution in [2.75, 3.05) is 7.11 Å². The van der Waals surface area contributed by atoms with Gasteiger partial charge in [-0.15, -0.1) is 10.2 Å². The number of ether oxygens (including phenoxy) is 1. The summed E-state index contributed by atoms with van der Waals surface area (Å²) in [4.78, 5) is 4.31. The number of rotatable bonds is 5. The zero-order valence-electron chi connectivity index (χ0n) is 17.8. The lowest BCUT2D eigenvalue weighted by atomic mass is 9.97. The van der Waals surface area contributed by atoms with E-state index in [0.717, 1.165) is 53.6 Å². The van der Waals surface area contributed by atoms with Gasteiger partial charge in [0.15, 0.2) is 5.82 Å². The van der Waals surface area contributed by atoms with Crippen LogP contribution in [0, 0.1) is 6.92 Å². The summed E-state index contributed by atoms with van der Waals surface area (Å²) in [5, 5.41) is 8.94. The van der Waals surface area contributed by atoms with Crippen molar-refractivity contribution in [1.82, 2.24) is 24.3 Å². The molecule has 1 aliphatic rings. The third kappa shape index (κ3) is 3.77. The fourth-order valence-electron chi connectivity index (χ4n) is 4.27. The number of nitrogens with zero attached hydrogens (tertiary/aromatic N) is 5. The molecule has 4 aromatic rings. The highest BCUT2D eigenvalue weighted by atomic mass is 16.5. The summed E-state index contributed by atoms with van der Waals surface area (Å²) in [7, 11) is 1.69. The Morgan fingerprint density at radius 1 is 1.06 bits per heavy atom. The van der Waals surface area contributed by atoms with Gasteiger partial charge in [-0.2, -0.15) is 0 Å². The molecule has 0 N–H and O–H groups in total. The van der Waals surface area contributed by atoms with E-state index in [2.05, 4.69) is 62.2 Å². The molecule has 0 saturated carbocycles. The standard InChI is InChI=1S/C25H25N5O/c1-18-16-29(17-26-18)22-13-11-19(15-23(22)31-2)12-14-25-28-27-24-10-6-9-21(30(24)25)20-7-4-3-5-8-20/h3-5,7-8,11-17,21H,6,9-10H2,1-2H3/b14-12+/t21-/m1/s1. The lowest BCUT2D eigenvalue weighted by Gasteiger charge is -2.26. The minimum Gasteiger partial charge on any atom is -0.495 e. The Hall–Kier alpha value is -3.67. The first-order valence-electron chi connectivity index (χ1n) is 10.6. The van der Waals surface area contributed by atoms with Crippen LogP contribution in [0.2, 0.25) is 0 Å². The SMILES string of the molecule is COc1cc(/C=C/c2nnc3n2[C@@H](c2ccccc2)CCC3)ccc1-n1cnc(C)c1. The van der Waals surface area contributed by atoms with Gasteiger partial charge in [0.25, 0.3) is 0 Å². The van der Waals surface area contributed by atoms with E-state index in [-0.39, 0.29) is 6.04 Å². The predicted octanol–water partition coefficient (Wildman–Crippen LogP) is 4.88. The van der Waals surface area contributed by atoms with E-state index >= 15 is 0 Å². The number of aromatic nitrogens is 5. The second kappa shape index (κ2) is 8.22. The lowest BCUT2D eigenvalue weighted by molar-refractivity contribution is 0.413. The monoisotopic (exact) mass is 411 g/mol. The van der Waals surface area contributed by atoms with Crippen LogP contribution in [0.3, 0.4) is 0 Å². The van der Waals surface area contributed by atoms with Crippen molar-refractivity contribution in [2.24, 2.45) is 0 Å². The molecule has 0 unspecified atom stereocenters. The fraction of sp³-hybridized carbons (Fsp3) is 0.240. The van der Waals surface area contributed by atoms with Gasteiger partial charge in [0, 0.05) is 12.6 Å². The molecular formula is C25H25N5O. The Kier molecular flexibility index (Phi) is 5.12. The van der Waals surface area contributed by atoms with Crippen LogP contribution >= 0.6 is 0 Å². The summed E-state index contributed by atoms with van der Waals surface area (Å²) in [6.07, 6.45) is 11.1. The van der Waals surface area contributed by atoms with E-state index < -0.39 is 0 Å². The molecule has 0 fully saturated rings. The lowest BCUT2D eigenvalue weighted by Crippen LogP contribution is -2.20. The summed E-state index contributed by atoms with van der Waals surface area (Å²) in [5.41, 5.74) is 4.28. The van der Waals surface area contributed by atoms with Gasteiger partial charge in [-0.05, 0) is 49.1 Å². The molecule has 0 radical (unpaired) electrons. The maximum absolute atomic E-state index is 5.64. The molecule has 0 aliphatic carbocycles. The molecule has 0 amide bonds. The molecule has 6 nitrogen and oxygen atoms in total. The second-order valence-electron chi connectivity index (χ2n) is 7.85. The zero-order valence-corrected chi connectivity index (χ0v) is 17.8. The molecule has 0 spiro atoms. The van der Waals surface area contributed by atoms with Crippen LogP contribution in [0.1, 0.15) is 47.4 Å². The van der Waals surface area contributed by atoms with Crippen LogP contribution in [-0.2, 0) is 6.42 Å². The summed E-state index contributed by atoms with van der Waals surface area (Å²) in [6.45, 7) is 1.97. The summed E-state index contributed by atoms with van der Waals surface area (Å²) in [6, 6.07) is 17.1. The molecule has 0 bridgehead atoms. The molecule has 3 heterocycles. The van der Waals surface area contributed by atoms with Crippen molar-refractivity contribution in [3.8, 4) is 11.4 Å². The van der Waals surface area contributed by atoms with Crippen molar-refractivity contribution in [3.05, 3.63) is 89.5 Å². The Morgan fingerprint density at radius 3 is 2.71 bits per heavy atom. The molecule has 2 aromatic carbocycles. The van der Waals surface area contributed by atoms with Crippen molar-refractivity contribution in [1.29, 1.82) is 0 Å². The van der Waals surface area contributed by atoms with Gasteiger partial charge >= 0.3 is 0 Å². The number of imidazole rings is 1. The summed E-state index contributed by atoms with van der Waals surface area (Å²) in [5.74, 6) is 2.74. The van der Waals surface area contributed by atoms with Crippen LogP contribution in [0.25, 0.3) is 17.8 Å². The highest BCUT2D eigenvalue weighted by Gasteiger charge is 2.24. The number of methoxy groups -OCH3 is 1. The van der Waals surface area contributed by atoms with Crippen LogP contribution in [0.15, 0.2) is 61.1 Å². The van der Waals surface area contributed by atoms with Gasteiger partial charge in [0.2, 0.25) is 0 Å². The number of hydrogen-bond donors (Lipinski definition) is 0. The molecule has 1 atom stereocenters. The fourth-order valence-corrected chi connectivity index (χ4v) is 4.27. The van der Waals surface area contributed by atoms with Crippen molar-refractivity contribution >= 4 is 12.2 Å². The maximum Gasteiger partial charge on any atom is 0.157 e. The molecule has 31 heavy (non-hydrogen) atoms. The van der Waals surface area contributed by atoms with Gasteiger partial charge in [-0.1, -0.05) is 42.5 Å². The first-order chi connectivity index (χ1) is 15.2. The van der Waals surface area contributed by atoms with Crippen LogP contribution in [0.5, 0.6) is 5.75 Å². The predicted molar refractivity (Wildman–Crippen MR) is 121 cm³/mol. The van der Waals surface area contributed by atoms with Gasteiger partial charge in [-0.25, -0.2) is 4.98 Å². The molecule has 2 aromatic heterocycles. The van der Waals surface area contributed by atoms with E-state index in [1.54, 1.807) is 13.4 Å². The van der Waals surface area contributed by atoms with Crippen LogP contribution in [0.4, 0.5) is 0 Å². The van der Waals surface area contributed by atoms with E-state index in [1.165, 1.54) is 5.56 Å². The highest BCUT2D eigenvalue weighted by molar-refractivity contribution is 5.69. The molecule has 5 rings (SSSR count). The quantitative estimate of drug-likeness (QED) is 0.470. The van der Waals surface area contributed by atoms with E-state index in [1.807, 2.05) is 35.9 Å². The zero-order chi connectivity index (χ0) is 21.2. The maximum atomic E-state index is 5.64. The minimum atomic E-state index is 0.279. The molecular weight excluding hydrogens is 386 g/mol. The third-order valence-corrected chi connectivity index (χ3v) is 5.79. The number of fused-ring (bicyclic) bond motifs is 1. The Bertz CT molecular complexity index is 1220. The Labute approximate surface area is 181 Å². The number of benzene rings is 2.